The molecule has 0 aliphatic carbocycles. The molecule has 3 aromatic heterocycles. The highest BCUT2D eigenvalue weighted by Gasteiger charge is 2.18. The van der Waals surface area contributed by atoms with E-state index in [0.717, 1.165) is 36.8 Å². The lowest BCUT2D eigenvalue weighted by Gasteiger charge is -2.27. The maximum absolute atomic E-state index is 4.36. The van der Waals surface area contributed by atoms with Crippen molar-refractivity contribution >= 4 is 17.2 Å². The molecule has 0 aromatic carbocycles. The van der Waals surface area contributed by atoms with Crippen LogP contribution in [0.4, 0.5) is 5.82 Å². The van der Waals surface area contributed by atoms with Crippen LogP contribution in [0.5, 0.6) is 0 Å². The number of fused-ring (bicyclic) bond motifs is 1. The summed E-state index contributed by atoms with van der Waals surface area (Å²) in [5.74, 6) is 1.68. The molecule has 0 bridgehead atoms. The Balaban J connectivity index is 1.57. The van der Waals surface area contributed by atoms with E-state index in [1.807, 2.05) is 42.7 Å². The quantitative estimate of drug-likeness (QED) is 0.729. The van der Waals surface area contributed by atoms with Gasteiger partial charge in [-0.1, -0.05) is 0 Å². The molecule has 21 heavy (non-hydrogen) atoms. The van der Waals surface area contributed by atoms with Crippen molar-refractivity contribution in [3.05, 3.63) is 52.0 Å². The minimum absolute atomic E-state index is 0.750. The first-order valence-corrected chi connectivity index (χ1v) is 7.84. The molecule has 3 aromatic rings. The van der Waals surface area contributed by atoms with Gasteiger partial charge in [0.2, 0.25) is 0 Å². The molecular formula is C15H15N5S. The van der Waals surface area contributed by atoms with E-state index in [1.165, 1.54) is 10.4 Å². The second kappa shape index (κ2) is 4.96. The van der Waals surface area contributed by atoms with Crippen molar-refractivity contribution in [3.63, 3.8) is 0 Å². The molecular weight excluding hydrogens is 282 g/mol. The largest absolute Gasteiger partial charge is 0.350 e. The molecule has 0 amide bonds. The predicted octanol–water partition coefficient (Wildman–Crippen LogP) is 2.59. The zero-order chi connectivity index (χ0) is 14.2. The van der Waals surface area contributed by atoms with Crippen LogP contribution >= 0.6 is 11.3 Å². The smallest absolute Gasteiger partial charge is 0.175 e. The molecule has 5 nitrogen and oxygen atoms in total. The predicted molar refractivity (Wildman–Crippen MR) is 83.0 cm³/mol. The molecule has 0 saturated heterocycles. The molecule has 0 unspecified atom stereocenters. The van der Waals surface area contributed by atoms with Gasteiger partial charge in [0.1, 0.15) is 0 Å². The topological polar surface area (TPSA) is 46.8 Å². The Morgan fingerprint density at radius 2 is 1.95 bits per heavy atom. The molecule has 0 N–H and O–H groups in total. The summed E-state index contributed by atoms with van der Waals surface area (Å²) in [6.45, 7) is 3.89. The van der Waals surface area contributed by atoms with Crippen molar-refractivity contribution in [1.29, 1.82) is 0 Å². The van der Waals surface area contributed by atoms with Gasteiger partial charge in [0.25, 0.3) is 0 Å². The van der Waals surface area contributed by atoms with Crippen LogP contribution in [0.15, 0.2) is 35.8 Å². The summed E-state index contributed by atoms with van der Waals surface area (Å²) in [7, 11) is 0. The number of hydrogen-bond donors (Lipinski definition) is 0. The van der Waals surface area contributed by atoms with E-state index in [1.54, 1.807) is 4.68 Å². The zero-order valence-electron chi connectivity index (χ0n) is 11.7. The summed E-state index contributed by atoms with van der Waals surface area (Å²) in [6, 6.07) is 8.16. The van der Waals surface area contributed by atoms with Crippen molar-refractivity contribution in [2.24, 2.45) is 0 Å². The minimum Gasteiger partial charge on any atom is -0.350 e. The number of aromatic nitrogens is 4. The van der Waals surface area contributed by atoms with E-state index < -0.39 is 0 Å². The molecule has 0 saturated carbocycles. The maximum atomic E-state index is 4.36. The number of hydrogen-bond acceptors (Lipinski definition) is 5. The molecule has 0 fully saturated rings. The summed E-state index contributed by atoms with van der Waals surface area (Å²) in [5.41, 5.74) is 2.39. The molecule has 4 heterocycles. The van der Waals surface area contributed by atoms with Crippen LogP contribution in [-0.2, 0) is 13.0 Å². The van der Waals surface area contributed by atoms with Crippen molar-refractivity contribution in [2.45, 2.75) is 19.9 Å². The molecule has 1 aliphatic heterocycles. The fraction of sp³-hybridized carbons (Fsp3) is 0.267. The number of thiophene rings is 1. The average Bonchev–Trinajstić information content (AvgIpc) is 3.15. The van der Waals surface area contributed by atoms with Crippen LogP contribution in [0.1, 0.15) is 16.1 Å². The van der Waals surface area contributed by atoms with Gasteiger partial charge in [-0.05, 0) is 48.6 Å². The van der Waals surface area contributed by atoms with Gasteiger partial charge >= 0.3 is 0 Å². The van der Waals surface area contributed by atoms with Gasteiger partial charge in [-0.25, -0.2) is 4.68 Å². The highest BCUT2D eigenvalue weighted by atomic mass is 32.1. The molecule has 4 rings (SSSR count). The Hall–Kier alpha value is -2.21. The van der Waals surface area contributed by atoms with Crippen LogP contribution in [0, 0.1) is 6.92 Å². The summed E-state index contributed by atoms with van der Waals surface area (Å²) >= 11 is 1.85. The Kier molecular flexibility index (Phi) is 2.96. The Bertz CT molecular complexity index is 758. The second-order valence-electron chi connectivity index (χ2n) is 5.19. The highest BCUT2D eigenvalue weighted by Crippen LogP contribution is 2.26. The van der Waals surface area contributed by atoms with Crippen molar-refractivity contribution in [1.82, 2.24) is 20.0 Å². The number of aryl methyl sites for hydroxylation is 1. The van der Waals surface area contributed by atoms with Crippen molar-refractivity contribution in [3.8, 4) is 5.82 Å². The Morgan fingerprint density at radius 3 is 2.71 bits per heavy atom. The molecule has 6 heteroatoms. The molecule has 0 radical (unpaired) electrons. The minimum atomic E-state index is 0.750. The van der Waals surface area contributed by atoms with Gasteiger partial charge in [-0.15, -0.1) is 21.5 Å². The van der Waals surface area contributed by atoms with E-state index in [2.05, 4.69) is 31.6 Å². The first kappa shape index (κ1) is 12.5. The highest BCUT2D eigenvalue weighted by molar-refractivity contribution is 7.10. The van der Waals surface area contributed by atoms with Crippen molar-refractivity contribution < 1.29 is 0 Å². The monoisotopic (exact) mass is 297 g/mol. The lowest BCUT2D eigenvalue weighted by molar-refractivity contribution is 0.716. The summed E-state index contributed by atoms with van der Waals surface area (Å²) in [6.07, 6.45) is 2.99. The third-order valence-corrected chi connectivity index (χ3v) is 4.75. The lowest BCUT2D eigenvalue weighted by atomic mass is 10.1. The number of nitrogens with zero attached hydrogens (tertiary/aromatic N) is 5. The number of anilines is 1. The van der Waals surface area contributed by atoms with E-state index in [9.17, 15) is 0 Å². The van der Waals surface area contributed by atoms with Crippen LogP contribution in [0.25, 0.3) is 5.82 Å². The van der Waals surface area contributed by atoms with Gasteiger partial charge < -0.3 is 4.90 Å². The fourth-order valence-electron chi connectivity index (χ4n) is 2.60. The molecule has 106 valence electrons. The van der Waals surface area contributed by atoms with Gasteiger partial charge in [-0.3, -0.25) is 0 Å². The summed E-state index contributed by atoms with van der Waals surface area (Å²) in [5, 5.41) is 15.2. The number of rotatable bonds is 2. The van der Waals surface area contributed by atoms with Gasteiger partial charge in [0, 0.05) is 24.2 Å². The normalized spacial score (nSPS) is 14.2. The van der Waals surface area contributed by atoms with Crippen LogP contribution in [0.3, 0.4) is 0 Å². The molecule has 0 spiro atoms. The van der Waals surface area contributed by atoms with E-state index in [-0.39, 0.29) is 0 Å². The maximum Gasteiger partial charge on any atom is 0.175 e. The summed E-state index contributed by atoms with van der Waals surface area (Å²) in [4.78, 5) is 3.78. The third kappa shape index (κ3) is 2.31. The van der Waals surface area contributed by atoms with Crippen molar-refractivity contribution in [2.75, 3.05) is 11.4 Å². The first-order chi connectivity index (χ1) is 10.3. The van der Waals surface area contributed by atoms with E-state index in [0.29, 0.717) is 0 Å². The van der Waals surface area contributed by atoms with Crippen LogP contribution < -0.4 is 4.90 Å². The standard InChI is InChI=1S/C15H15N5S/c1-11-4-8-20(18-11)15-3-2-14(16-17-15)19-7-5-13-12(10-19)6-9-21-13/h2-4,6,8-9H,5,7,10H2,1H3. The Labute approximate surface area is 126 Å². The summed E-state index contributed by atoms with van der Waals surface area (Å²) < 4.78 is 1.75. The second-order valence-corrected chi connectivity index (χ2v) is 6.19. The van der Waals surface area contributed by atoms with Crippen LogP contribution in [0.2, 0.25) is 0 Å². The average molecular weight is 297 g/mol. The zero-order valence-corrected chi connectivity index (χ0v) is 12.5. The van der Waals surface area contributed by atoms with Gasteiger partial charge in [0.15, 0.2) is 11.6 Å². The van der Waals surface area contributed by atoms with Gasteiger partial charge in [0.05, 0.1) is 5.69 Å². The van der Waals surface area contributed by atoms with Crippen LogP contribution in [-0.4, -0.2) is 26.5 Å². The third-order valence-electron chi connectivity index (χ3n) is 3.73. The lowest BCUT2D eigenvalue weighted by Crippen LogP contribution is -2.30. The van der Waals surface area contributed by atoms with Gasteiger partial charge in [-0.2, -0.15) is 5.10 Å². The fourth-order valence-corrected chi connectivity index (χ4v) is 3.49. The SMILES string of the molecule is Cc1ccn(-c2ccc(N3CCc4sccc4C3)nn2)n1. The Morgan fingerprint density at radius 1 is 1.10 bits per heavy atom. The van der Waals surface area contributed by atoms with E-state index in [4.69, 9.17) is 0 Å². The van der Waals surface area contributed by atoms with E-state index >= 15 is 0 Å². The first-order valence-electron chi connectivity index (χ1n) is 6.96. The molecule has 1 aliphatic rings. The molecule has 0 atom stereocenters.